The number of rotatable bonds is 2. The Balaban J connectivity index is 1.56. The summed E-state index contributed by atoms with van der Waals surface area (Å²) < 4.78 is 0. The van der Waals surface area contributed by atoms with Gasteiger partial charge in [0.2, 0.25) is 0 Å². The molecular weight excluding hydrogens is 228 g/mol. The molecule has 0 amide bonds. The zero-order valence-corrected chi connectivity index (χ0v) is 10.4. The Kier molecular flexibility index (Phi) is 2.85. The molecule has 3 unspecified atom stereocenters. The highest BCUT2D eigenvalue weighted by Crippen LogP contribution is 2.38. The van der Waals surface area contributed by atoms with E-state index in [1.807, 2.05) is 30.3 Å². The van der Waals surface area contributed by atoms with E-state index in [4.69, 9.17) is 12.2 Å². The predicted molar refractivity (Wildman–Crippen MR) is 74.9 cm³/mol. The molecule has 1 saturated carbocycles. The van der Waals surface area contributed by atoms with Crippen LogP contribution < -0.4 is 10.6 Å². The maximum Gasteiger partial charge on any atom is 0.171 e. The number of anilines is 1. The van der Waals surface area contributed by atoms with Crippen molar-refractivity contribution in [2.45, 2.75) is 18.9 Å². The third kappa shape index (κ3) is 2.34. The van der Waals surface area contributed by atoms with Gasteiger partial charge in [0.25, 0.3) is 0 Å². The average Bonchev–Trinajstić information content (AvgIpc) is 2.92. The van der Waals surface area contributed by atoms with Gasteiger partial charge in [-0.3, -0.25) is 0 Å². The van der Waals surface area contributed by atoms with Crippen molar-refractivity contribution in [3.05, 3.63) is 42.5 Å². The van der Waals surface area contributed by atoms with Gasteiger partial charge < -0.3 is 10.6 Å². The molecule has 2 bridgehead atoms. The molecule has 2 nitrogen and oxygen atoms in total. The molecule has 17 heavy (non-hydrogen) atoms. The van der Waals surface area contributed by atoms with Gasteiger partial charge in [-0.05, 0) is 49.0 Å². The molecule has 0 saturated heterocycles. The molecule has 0 heterocycles. The maximum atomic E-state index is 5.34. The van der Waals surface area contributed by atoms with Crippen molar-refractivity contribution in [3.8, 4) is 0 Å². The quantitative estimate of drug-likeness (QED) is 0.618. The molecular formula is C14H16N2S. The van der Waals surface area contributed by atoms with E-state index in [0.717, 1.165) is 16.7 Å². The molecule has 2 aliphatic carbocycles. The minimum absolute atomic E-state index is 0.522. The Morgan fingerprint density at radius 3 is 2.59 bits per heavy atom. The third-order valence-corrected chi connectivity index (χ3v) is 3.85. The van der Waals surface area contributed by atoms with E-state index in [0.29, 0.717) is 12.0 Å². The summed E-state index contributed by atoms with van der Waals surface area (Å²) in [6.45, 7) is 0. The van der Waals surface area contributed by atoms with Crippen LogP contribution in [-0.2, 0) is 0 Å². The van der Waals surface area contributed by atoms with Crippen LogP contribution in [0.15, 0.2) is 42.5 Å². The molecule has 0 spiro atoms. The number of allylic oxidation sites excluding steroid dienone is 1. The Bertz CT molecular complexity index is 441. The first kappa shape index (κ1) is 10.8. The SMILES string of the molecule is S=C(Nc1ccccc1)NC1CC2C=CC1C2. The van der Waals surface area contributed by atoms with Crippen LogP contribution in [0.25, 0.3) is 0 Å². The molecule has 3 heteroatoms. The van der Waals surface area contributed by atoms with Gasteiger partial charge in [-0.2, -0.15) is 0 Å². The van der Waals surface area contributed by atoms with Gasteiger partial charge in [-0.25, -0.2) is 0 Å². The maximum absolute atomic E-state index is 5.34. The van der Waals surface area contributed by atoms with Crippen LogP contribution >= 0.6 is 12.2 Å². The summed E-state index contributed by atoms with van der Waals surface area (Å²) in [6, 6.07) is 10.6. The Hall–Kier alpha value is -1.35. The molecule has 0 aromatic heterocycles. The second-order valence-electron chi connectivity index (χ2n) is 4.85. The van der Waals surface area contributed by atoms with Gasteiger partial charge >= 0.3 is 0 Å². The van der Waals surface area contributed by atoms with Crippen molar-refractivity contribution in [3.63, 3.8) is 0 Å². The lowest BCUT2D eigenvalue weighted by Crippen LogP contribution is -2.40. The molecule has 1 aromatic rings. The Labute approximate surface area is 107 Å². The summed E-state index contributed by atoms with van der Waals surface area (Å²) in [5.41, 5.74) is 1.05. The van der Waals surface area contributed by atoms with Crippen LogP contribution in [0, 0.1) is 11.8 Å². The van der Waals surface area contributed by atoms with Crippen molar-refractivity contribution in [2.75, 3.05) is 5.32 Å². The lowest BCUT2D eigenvalue weighted by atomic mass is 10.0. The van der Waals surface area contributed by atoms with Gasteiger partial charge in [0.15, 0.2) is 5.11 Å². The van der Waals surface area contributed by atoms with Gasteiger partial charge in [-0.15, -0.1) is 0 Å². The highest BCUT2D eigenvalue weighted by Gasteiger charge is 2.35. The van der Waals surface area contributed by atoms with Crippen molar-refractivity contribution >= 4 is 23.0 Å². The summed E-state index contributed by atoms with van der Waals surface area (Å²) in [7, 11) is 0. The van der Waals surface area contributed by atoms with E-state index >= 15 is 0 Å². The van der Waals surface area contributed by atoms with E-state index in [2.05, 4.69) is 22.8 Å². The fraction of sp³-hybridized carbons (Fsp3) is 0.357. The standard InChI is InChI=1S/C14H16N2S/c17-14(15-12-4-2-1-3-5-12)16-13-9-10-6-7-11(13)8-10/h1-7,10-11,13H,8-9H2,(H2,15,16,17). The van der Waals surface area contributed by atoms with Crippen molar-refractivity contribution in [1.29, 1.82) is 0 Å². The zero-order valence-electron chi connectivity index (χ0n) is 9.60. The van der Waals surface area contributed by atoms with Gasteiger partial charge in [0.05, 0.1) is 0 Å². The minimum Gasteiger partial charge on any atom is -0.359 e. The summed E-state index contributed by atoms with van der Waals surface area (Å²) in [5.74, 6) is 1.45. The lowest BCUT2D eigenvalue weighted by molar-refractivity contribution is 0.526. The van der Waals surface area contributed by atoms with Crippen LogP contribution in [-0.4, -0.2) is 11.2 Å². The number of hydrogen-bond acceptors (Lipinski definition) is 1. The number of thiocarbonyl (C=S) groups is 1. The number of nitrogens with one attached hydrogen (secondary N) is 2. The Morgan fingerprint density at radius 2 is 1.94 bits per heavy atom. The van der Waals surface area contributed by atoms with Crippen LogP contribution in [0.4, 0.5) is 5.69 Å². The molecule has 0 radical (unpaired) electrons. The number of fused-ring (bicyclic) bond motifs is 2. The van der Waals surface area contributed by atoms with Crippen LogP contribution in [0.2, 0.25) is 0 Å². The first-order chi connectivity index (χ1) is 8.31. The molecule has 2 aliphatic rings. The van der Waals surface area contributed by atoms with E-state index in [1.54, 1.807) is 0 Å². The zero-order chi connectivity index (χ0) is 11.7. The summed E-state index contributed by atoms with van der Waals surface area (Å²) in [4.78, 5) is 0. The number of para-hydroxylation sites is 1. The summed E-state index contributed by atoms with van der Waals surface area (Å²) in [6.07, 6.45) is 7.19. The van der Waals surface area contributed by atoms with E-state index in [9.17, 15) is 0 Å². The number of benzene rings is 1. The molecule has 3 atom stereocenters. The van der Waals surface area contributed by atoms with Crippen LogP contribution in [0.5, 0.6) is 0 Å². The van der Waals surface area contributed by atoms with Crippen LogP contribution in [0.3, 0.4) is 0 Å². The summed E-state index contributed by atoms with van der Waals surface area (Å²) in [5, 5.41) is 7.39. The summed E-state index contributed by atoms with van der Waals surface area (Å²) >= 11 is 5.34. The molecule has 2 N–H and O–H groups in total. The van der Waals surface area contributed by atoms with E-state index < -0.39 is 0 Å². The highest BCUT2D eigenvalue weighted by atomic mass is 32.1. The fourth-order valence-corrected chi connectivity index (χ4v) is 3.07. The third-order valence-electron chi connectivity index (χ3n) is 3.63. The predicted octanol–water partition coefficient (Wildman–Crippen LogP) is 2.94. The largest absolute Gasteiger partial charge is 0.359 e. The fourth-order valence-electron chi connectivity index (χ4n) is 2.80. The first-order valence-corrected chi connectivity index (χ1v) is 6.53. The minimum atomic E-state index is 0.522. The second kappa shape index (κ2) is 4.49. The molecule has 3 rings (SSSR count). The molecule has 1 fully saturated rings. The number of hydrogen-bond donors (Lipinski definition) is 2. The normalized spacial score (nSPS) is 29.3. The van der Waals surface area contributed by atoms with Gasteiger partial charge in [-0.1, -0.05) is 30.4 Å². The molecule has 88 valence electrons. The highest BCUT2D eigenvalue weighted by molar-refractivity contribution is 7.80. The van der Waals surface area contributed by atoms with Crippen LogP contribution in [0.1, 0.15) is 12.8 Å². The molecule has 0 aliphatic heterocycles. The monoisotopic (exact) mass is 244 g/mol. The first-order valence-electron chi connectivity index (χ1n) is 6.12. The Morgan fingerprint density at radius 1 is 1.12 bits per heavy atom. The van der Waals surface area contributed by atoms with Crippen molar-refractivity contribution in [2.24, 2.45) is 11.8 Å². The van der Waals surface area contributed by atoms with Gasteiger partial charge in [0, 0.05) is 11.7 Å². The van der Waals surface area contributed by atoms with Crippen molar-refractivity contribution < 1.29 is 0 Å². The lowest BCUT2D eigenvalue weighted by Gasteiger charge is -2.21. The molecule has 1 aromatic carbocycles. The average molecular weight is 244 g/mol. The topological polar surface area (TPSA) is 24.1 Å². The van der Waals surface area contributed by atoms with Gasteiger partial charge in [0.1, 0.15) is 0 Å². The van der Waals surface area contributed by atoms with E-state index in [1.165, 1.54) is 12.8 Å². The smallest absolute Gasteiger partial charge is 0.171 e. The van der Waals surface area contributed by atoms with E-state index in [-0.39, 0.29) is 0 Å². The second-order valence-corrected chi connectivity index (χ2v) is 5.26. The van der Waals surface area contributed by atoms with Crippen molar-refractivity contribution in [1.82, 2.24) is 5.32 Å².